The van der Waals surface area contributed by atoms with Gasteiger partial charge in [-0.15, -0.1) is 0 Å². The highest BCUT2D eigenvalue weighted by atomic mass is 14.7. The SMILES string of the molecule is CC(c1ccccc1)c1ccc2ccc(C(C)c3ccccn3)cc2c1. The minimum absolute atomic E-state index is 0.288. The molecule has 0 aliphatic carbocycles. The molecule has 2 atom stereocenters. The van der Waals surface area contributed by atoms with Crippen LogP contribution in [0.25, 0.3) is 10.8 Å². The third-order valence-electron chi connectivity index (χ3n) is 5.32. The summed E-state index contributed by atoms with van der Waals surface area (Å²) >= 11 is 0. The van der Waals surface area contributed by atoms with Crippen LogP contribution in [0.5, 0.6) is 0 Å². The minimum Gasteiger partial charge on any atom is -0.261 e. The molecule has 1 aromatic heterocycles. The summed E-state index contributed by atoms with van der Waals surface area (Å²) < 4.78 is 0. The average molecular weight is 337 g/mol. The van der Waals surface area contributed by atoms with Gasteiger partial charge in [0.2, 0.25) is 0 Å². The molecule has 0 aliphatic rings. The first kappa shape index (κ1) is 16.5. The summed E-state index contributed by atoms with van der Waals surface area (Å²) in [5.41, 5.74) is 5.12. The molecule has 26 heavy (non-hydrogen) atoms. The van der Waals surface area contributed by atoms with Crippen molar-refractivity contribution in [1.82, 2.24) is 4.98 Å². The lowest BCUT2D eigenvalue weighted by Crippen LogP contribution is -1.99. The zero-order chi connectivity index (χ0) is 17.9. The molecule has 0 saturated heterocycles. The van der Waals surface area contributed by atoms with Gasteiger partial charge < -0.3 is 0 Å². The van der Waals surface area contributed by atoms with E-state index in [4.69, 9.17) is 0 Å². The van der Waals surface area contributed by atoms with E-state index in [0.717, 1.165) is 5.69 Å². The van der Waals surface area contributed by atoms with Crippen molar-refractivity contribution in [3.8, 4) is 0 Å². The average Bonchev–Trinajstić information content (AvgIpc) is 2.73. The van der Waals surface area contributed by atoms with Gasteiger partial charge in [-0.25, -0.2) is 0 Å². The van der Waals surface area contributed by atoms with Gasteiger partial charge in [0.05, 0.1) is 0 Å². The Morgan fingerprint density at radius 2 is 1.23 bits per heavy atom. The summed E-state index contributed by atoms with van der Waals surface area (Å²) in [6.07, 6.45) is 1.87. The highest BCUT2D eigenvalue weighted by Crippen LogP contribution is 2.30. The fourth-order valence-corrected chi connectivity index (χ4v) is 3.56. The Morgan fingerprint density at radius 3 is 1.88 bits per heavy atom. The van der Waals surface area contributed by atoms with Crippen molar-refractivity contribution >= 4 is 10.8 Å². The van der Waals surface area contributed by atoms with Gasteiger partial charge in [-0.1, -0.05) is 86.6 Å². The van der Waals surface area contributed by atoms with Crippen molar-refractivity contribution in [2.45, 2.75) is 25.7 Å². The van der Waals surface area contributed by atoms with Crippen LogP contribution in [-0.4, -0.2) is 4.98 Å². The largest absolute Gasteiger partial charge is 0.261 e. The zero-order valence-corrected chi connectivity index (χ0v) is 15.3. The molecule has 0 amide bonds. The number of nitrogens with zero attached hydrogens (tertiary/aromatic N) is 1. The third-order valence-corrected chi connectivity index (χ3v) is 5.32. The van der Waals surface area contributed by atoms with Crippen LogP contribution in [0.4, 0.5) is 0 Å². The van der Waals surface area contributed by atoms with E-state index in [0.29, 0.717) is 5.92 Å². The van der Waals surface area contributed by atoms with Gasteiger partial charge in [0.1, 0.15) is 0 Å². The van der Waals surface area contributed by atoms with Crippen LogP contribution in [-0.2, 0) is 0 Å². The van der Waals surface area contributed by atoms with E-state index in [9.17, 15) is 0 Å². The molecule has 0 bridgehead atoms. The Balaban J connectivity index is 1.71. The van der Waals surface area contributed by atoms with E-state index < -0.39 is 0 Å². The van der Waals surface area contributed by atoms with Gasteiger partial charge in [0.25, 0.3) is 0 Å². The van der Waals surface area contributed by atoms with Gasteiger partial charge in [-0.05, 0) is 39.6 Å². The predicted molar refractivity (Wildman–Crippen MR) is 110 cm³/mol. The summed E-state index contributed by atoms with van der Waals surface area (Å²) in [5, 5.41) is 2.58. The molecule has 128 valence electrons. The number of hydrogen-bond acceptors (Lipinski definition) is 1. The van der Waals surface area contributed by atoms with Crippen molar-refractivity contribution in [3.63, 3.8) is 0 Å². The van der Waals surface area contributed by atoms with Crippen LogP contribution in [0, 0.1) is 0 Å². The Hall–Kier alpha value is -2.93. The number of hydrogen-bond donors (Lipinski definition) is 0. The number of fused-ring (bicyclic) bond motifs is 1. The van der Waals surface area contributed by atoms with E-state index in [1.807, 2.05) is 12.3 Å². The highest BCUT2D eigenvalue weighted by molar-refractivity contribution is 5.84. The summed E-state index contributed by atoms with van der Waals surface area (Å²) in [7, 11) is 0. The van der Waals surface area contributed by atoms with Gasteiger partial charge in [0, 0.05) is 23.7 Å². The summed E-state index contributed by atoms with van der Waals surface area (Å²) in [6.45, 7) is 4.50. The second-order valence-electron chi connectivity index (χ2n) is 6.97. The summed E-state index contributed by atoms with van der Waals surface area (Å²) in [4.78, 5) is 4.52. The Labute approximate surface area is 155 Å². The number of rotatable bonds is 4. The molecule has 0 radical (unpaired) electrons. The van der Waals surface area contributed by atoms with Crippen molar-refractivity contribution < 1.29 is 0 Å². The maximum Gasteiger partial charge on any atom is 0.0475 e. The molecule has 0 aliphatic heterocycles. The van der Waals surface area contributed by atoms with E-state index >= 15 is 0 Å². The molecule has 0 spiro atoms. The molecular weight excluding hydrogens is 314 g/mol. The monoisotopic (exact) mass is 337 g/mol. The highest BCUT2D eigenvalue weighted by Gasteiger charge is 2.12. The van der Waals surface area contributed by atoms with Crippen molar-refractivity contribution in [2.24, 2.45) is 0 Å². The fourth-order valence-electron chi connectivity index (χ4n) is 3.56. The Bertz CT molecular complexity index is 926. The second kappa shape index (κ2) is 7.13. The molecule has 4 aromatic rings. The van der Waals surface area contributed by atoms with Crippen LogP contribution in [0.15, 0.2) is 91.1 Å². The molecule has 4 rings (SSSR count). The minimum atomic E-state index is 0.288. The smallest absolute Gasteiger partial charge is 0.0475 e. The first-order valence-electron chi connectivity index (χ1n) is 9.22. The number of benzene rings is 3. The van der Waals surface area contributed by atoms with E-state index in [1.54, 1.807) is 0 Å². The number of aromatic nitrogens is 1. The van der Waals surface area contributed by atoms with Gasteiger partial charge in [-0.3, -0.25) is 4.98 Å². The maximum absolute atomic E-state index is 4.52. The van der Waals surface area contributed by atoms with Gasteiger partial charge in [-0.2, -0.15) is 0 Å². The summed E-state index contributed by atoms with van der Waals surface area (Å²) in [5.74, 6) is 0.674. The zero-order valence-electron chi connectivity index (χ0n) is 15.3. The van der Waals surface area contributed by atoms with E-state index in [-0.39, 0.29) is 5.92 Å². The van der Waals surface area contributed by atoms with Crippen molar-refractivity contribution in [2.75, 3.05) is 0 Å². The van der Waals surface area contributed by atoms with Crippen molar-refractivity contribution in [3.05, 3.63) is 114 Å². The second-order valence-corrected chi connectivity index (χ2v) is 6.97. The van der Waals surface area contributed by atoms with Crippen LogP contribution in [0.2, 0.25) is 0 Å². The standard InChI is InChI=1S/C25H23N/c1-18(20-8-4-3-5-9-20)22-13-11-21-12-14-23(17-24(21)16-22)19(2)25-10-6-7-15-26-25/h3-19H,1-2H3. The van der Waals surface area contributed by atoms with E-state index in [2.05, 4.69) is 97.7 Å². The fraction of sp³-hybridized carbons (Fsp3) is 0.160. The topological polar surface area (TPSA) is 12.9 Å². The van der Waals surface area contributed by atoms with Gasteiger partial charge >= 0.3 is 0 Å². The molecule has 1 heterocycles. The Morgan fingerprint density at radius 1 is 0.577 bits per heavy atom. The Kier molecular flexibility index (Phi) is 4.53. The van der Waals surface area contributed by atoms with Crippen LogP contribution in [0.1, 0.15) is 48.1 Å². The molecule has 0 fully saturated rings. The first-order valence-corrected chi connectivity index (χ1v) is 9.22. The predicted octanol–water partition coefficient (Wildman–Crippen LogP) is 6.54. The van der Waals surface area contributed by atoms with Crippen molar-refractivity contribution in [1.29, 1.82) is 0 Å². The summed E-state index contributed by atoms with van der Waals surface area (Å²) in [6, 6.07) is 30.4. The van der Waals surface area contributed by atoms with E-state index in [1.165, 1.54) is 27.5 Å². The molecule has 1 nitrogen and oxygen atoms in total. The van der Waals surface area contributed by atoms with Crippen LogP contribution >= 0.6 is 0 Å². The maximum atomic E-state index is 4.52. The third kappa shape index (κ3) is 3.25. The lowest BCUT2D eigenvalue weighted by Gasteiger charge is -2.15. The normalized spacial score (nSPS) is 13.5. The first-order chi connectivity index (χ1) is 12.7. The van der Waals surface area contributed by atoms with Crippen LogP contribution in [0.3, 0.4) is 0 Å². The van der Waals surface area contributed by atoms with Crippen LogP contribution < -0.4 is 0 Å². The molecule has 0 saturated carbocycles. The molecule has 3 aromatic carbocycles. The lowest BCUT2D eigenvalue weighted by molar-refractivity contribution is 0.873. The molecular formula is C25H23N. The lowest BCUT2D eigenvalue weighted by atomic mass is 9.90. The number of pyridine rings is 1. The molecule has 2 unspecified atom stereocenters. The molecule has 1 heteroatoms. The quantitative estimate of drug-likeness (QED) is 0.412. The molecule has 0 N–H and O–H groups in total. The van der Waals surface area contributed by atoms with Gasteiger partial charge in [0.15, 0.2) is 0 Å².